The quantitative estimate of drug-likeness (QED) is 0.878. The second-order valence-corrected chi connectivity index (χ2v) is 5.44. The lowest BCUT2D eigenvalue weighted by atomic mass is 10.1. The Morgan fingerprint density at radius 1 is 1.15 bits per heavy atom. The largest absolute Gasteiger partial charge is 0.400 e. The number of hydrogen-bond donors (Lipinski definition) is 2. The van der Waals surface area contributed by atoms with E-state index in [1.165, 1.54) is 10.1 Å². The zero-order valence-electron chi connectivity index (χ0n) is 11.4. The van der Waals surface area contributed by atoms with Crippen molar-refractivity contribution >= 4 is 23.5 Å². The highest BCUT2D eigenvalue weighted by atomic mass is 32.2. The molecule has 1 aliphatic rings. The molecule has 2 aromatic rings. The van der Waals surface area contributed by atoms with Crippen LogP contribution in [0.15, 0.2) is 52.4 Å². The Kier molecular flexibility index (Phi) is 5.21. The molecular formula is C16H18N2OS. The second kappa shape index (κ2) is 7.12. The van der Waals surface area contributed by atoms with Gasteiger partial charge in [-0.2, -0.15) is 0 Å². The lowest BCUT2D eigenvalue weighted by Crippen LogP contribution is -2.35. The van der Waals surface area contributed by atoms with Crippen LogP contribution < -0.4 is 16.3 Å². The molecule has 0 aliphatic heterocycles. The van der Waals surface area contributed by atoms with Crippen LogP contribution in [0.3, 0.4) is 0 Å². The topological polar surface area (TPSA) is 59.1 Å². The van der Waals surface area contributed by atoms with Gasteiger partial charge < -0.3 is 10.8 Å². The number of aliphatic hydroxyl groups excluding tert-OH is 1. The van der Waals surface area contributed by atoms with Gasteiger partial charge in [0.15, 0.2) is 0 Å². The van der Waals surface area contributed by atoms with Gasteiger partial charge >= 0.3 is 0 Å². The summed E-state index contributed by atoms with van der Waals surface area (Å²) in [5.41, 5.74) is 6.88. The molecule has 0 saturated carbocycles. The van der Waals surface area contributed by atoms with Gasteiger partial charge in [0, 0.05) is 28.8 Å². The summed E-state index contributed by atoms with van der Waals surface area (Å²) in [5.74, 6) is 0. The first kappa shape index (κ1) is 14.6. The van der Waals surface area contributed by atoms with E-state index in [9.17, 15) is 0 Å². The molecule has 0 spiro atoms. The lowest BCUT2D eigenvalue weighted by Gasteiger charge is -2.07. The first-order valence-electron chi connectivity index (χ1n) is 6.45. The van der Waals surface area contributed by atoms with E-state index in [2.05, 4.69) is 29.3 Å². The number of pyridine rings is 1. The van der Waals surface area contributed by atoms with E-state index in [0.29, 0.717) is 0 Å². The Balaban J connectivity index is 0.000000704. The van der Waals surface area contributed by atoms with Crippen molar-refractivity contribution in [1.82, 2.24) is 4.98 Å². The molecule has 0 unspecified atom stereocenters. The molecule has 0 radical (unpaired) electrons. The zero-order chi connectivity index (χ0) is 14.4. The molecule has 0 amide bonds. The molecule has 0 fully saturated rings. The van der Waals surface area contributed by atoms with Crippen molar-refractivity contribution in [3.8, 4) is 0 Å². The summed E-state index contributed by atoms with van der Waals surface area (Å²) < 4.78 is 0. The van der Waals surface area contributed by atoms with Crippen molar-refractivity contribution in [3.05, 3.63) is 53.2 Å². The van der Waals surface area contributed by atoms with Gasteiger partial charge in [-0.15, -0.1) is 0 Å². The predicted octanol–water partition coefficient (Wildman–Crippen LogP) is 1.48. The molecule has 3 rings (SSSR count). The molecule has 1 aromatic carbocycles. The van der Waals surface area contributed by atoms with Crippen LogP contribution in [0.25, 0.3) is 11.8 Å². The summed E-state index contributed by atoms with van der Waals surface area (Å²) >= 11 is 1.73. The second-order valence-electron chi connectivity index (χ2n) is 4.29. The molecular weight excluding hydrogens is 268 g/mol. The van der Waals surface area contributed by atoms with Crippen LogP contribution in [0.2, 0.25) is 0 Å². The van der Waals surface area contributed by atoms with Gasteiger partial charge in [-0.05, 0) is 36.3 Å². The smallest absolute Gasteiger partial charge is 0.0886 e. The third-order valence-corrected chi connectivity index (χ3v) is 3.92. The van der Waals surface area contributed by atoms with Crippen molar-refractivity contribution < 1.29 is 5.11 Å². The van der Waals surface area contributed by atoms with E-state index in [1.54, 1.807) is 11.8 Å². The molecule has 104 valence electrons. The van der Waals surface area contributed by atoms with Gasteiger partial charge in [0.2, 0.25) is 0 Å². The average Bonchev–Trinajstić information content (AvgIpc) is 2.50. The standard InChI is InChI=1S/C15H14N2S.CH4O/c16-14-8-4-5-11-9-13(10-17-15(11)14)18-12-6-2-1-3-7-12;1-2/h1-3,5-7,9-10H,4,8,16H2;2H,1H3. The molecule has 0 atom stereocenters. The summed E-state index contributed by atoms with van der Waals surface area (Å²) in [5, 5.41) is 9.12. The maximum absolute atomic E-state index is 7.00. The number of aliphatic hydroxyl groups is 1. The highest BCUT2D eigenvalue weighted by Crippen LogP contribution is 2.25. The fourth-order valence-corrected chi connectivity index (χ4v) is 2.92. The SMILES string of the molecule is CO.NC1=c2ncc(Sc3ccccc3)cc2=CCC1. The van der Waals surface area contributed by atoms with Crippen LogP contribution in [0, 0.1) is 0 Å². The minimum absolute atomic E-state index is 0.906. The molecule has 1 aliphatic carbocycles. The van der Waals surface area contributed by atoms with E-state index < -0.39 is 0 Å². The van der Waals surface area contributed by atoms with Gasteiger partial charge in [0.1, 0.15) is 0 Å². The fourth-order valence-electron chi connectivity index (χ4n) is 2.07. The molecule has 20 heavy (non-hydrogen) atoms. The van der Waals surface area contributed by atoms with Crippen LogP contribution in [0.5, 0.6) is 0 Å². The predicted molar refractivity (Wildman–Crippen MR) is 83.5 cm³/mol. The maximum Gasteiger partial charge on any atom is 0.0886 e. The molecule has 3 N–H and O–H groups in total. The summed E-state index contributed by atoms with van der Waals surface area (Å²) in [4.78, 5) is 6.87. The van der Waals surface area contributed by atoms with Gasteiger partial charge in [-0.1, -0.05) is 36.0 Å². The number of benzene rings is 1. The molecule has 4 heteroatoms. The molecule has 1 heterocycles. The summed E-state index contributed by atoms with van der Waals surface area (Å²) in [7, 11) is 1.00. The third kappa shape index (κ3) is 3.40. The monoisotopic (exact) mass is 286 g/mol. The van der Waals surface area contributed by atoms with Crippen molar-refractivity contribution in [3.63, 3.8) is 0 Å². The Labute approximate surface area is 122 Å². The van der Waals surface area contributed by atoms with Crippen LogP contribution >= 0.6 is 11.8 Å². The molecule has 0 saturated heterocycles. The summed E-state index contributed by atoms with van der Waals surface area (Å²) in [6, 6.07) is 12.5. The molecule has 3 nitrogen and oxygen atoms in total. The minimum Gasteiger partial charge on any atom is -0.400 e. The highest BCUT2D eigenvalue weighted by molar-refractivity contribution is 7.99. The van der Waals surface area contributed by atoms with Crippen LogP contribution in [0.4, 0.5) is 0 Å². The first-order chi connectivity index (χ1) is 9.83. The number of nitrogens with zero attached hydrogens (tertiary/aromatic N) is 1. The Bertz CT molecular complexity index is 683. The number of nitrogens with two attached hydrogens (primary N) is 1. The van der Waals surface area contributed by atoms with Gasteiger partial charge in [0.05, 0.1) is 5.35 Å². The maximum atomic E-state index is 7.00. The van der Waals surface area contributed by atoms with E-state index in [1.807, 2.05) is 24.4 Å². The number of rotatable bonds is 2. The summed E-state index contributed by atoms with van der Waals surface area (Å²) in [6.45, 7) is 0. The zero-order valence-corrected chi connectivity index (χ0v) is 12.2. The van der Waals surface area contributed by atoms with Gasteiger partial charge in [-0.25, -0.2) is 0 Å². The van der Waals surface area contributed by atoms with Crippen LogP contribution in [0.1, 0.15) is 12.8 Å². The average molecular weight is 286 g/mol. The summed E-state index contributed by atoms with van der Waals surface area (Å²) in [6.07, 6.45) is 6.06. The number of hydrogen-bond acceptors (Lipinski definition) is 4. The van der Waals surface area contributed by atoms with Gasteiger partial charge in [-0.3, -0.25) is 4.98 Å². The fraction of sp³-hybridized carbons (Fsp3) is 0.188. The lowest BCUT2D eigenvalue weighted by molar-refractivity contribution is 0.399. The van der Waals surface area contributed by atoms with Crippen molar-refractivity contribution in [1.29, 1.82) is 0 Å². The first-order valence-corrected chi connectivity index (χ1v) is 7.27. The van der Waals surface area contributed by atoms with Crippen molar-refractivity contribution in [2.45, 2.75) is 22.6 Å². The highest BCUT2D eigenvalue weighted by Gasteiger charge is 2.03. The number of aromatic nitrogens is 1. The molecule has 0 bridgehead atoms. The van der Waals surface area contributed by atoms with E-state index in [4.69, 9.17) is 10.8 Å². The van der Waals surface area contributed by atoms with Crippen LogP contribution in [-0.4, -0.2) is 17.2 Å². The van der Waals surface area contributed by atoms with E-state index >= 15 is 0 Å². The van der Waals surface area contributed by atoms with Crippen molar-refractivity contribution in [2.75, 3.05) is 7.11 Å². The van der Waals surface area contributed by atoms with E-state index in [0.717, 1.165) is 35.9 Å². The van der Waals surface area contributed by atoms with Crippen molar-refractivity contribution in [2.24, 2.45) is 5.73 Å². The Morgan fingerprint density at radius 3 is 2.65 bits per heavy atom. The van der Waals surface area contributed by atoms with E-state index in [-0.39, 0.29) is 0 Å². The number of fused-ring (bicyclic) bond motifs is 1. The molecule has 1 aromatic heterocycles. The Hall–Kier alpha value is -1.78. The van der Waals surface area contributed by atoms with Crippen LogP contribution in [-0.2, 0) is 0 Å². The minimum atomic E-state index is 0.906. The van der Waals surface area contributed by atoms with Gasteiger partial charge in [0.25, 0.3) is 0 Å². The Morgan fingerprint density at radius 2 is 1.90 bits per heavy atom. The third-order valence-electron chi connectivity index (χ3n) is 2.95. The normalized spacial score (nSPS) is 12.8.